The average molecular weight is 186 g/mol. The summed E-state index contributed by atoms with van der Waals surface area (Å²) in [6, 6.07) is 9.03. The SMILES string of the molecule is Nc1ccc2ccn(C3CCC3)c2c1. The van der Waals surface area contributed by atoms with Crippen LogP contribution in [-0.4, -0.2) is 4.57 Å². The van der Waals surface area contributed by atoms with Crippen LogP contribution in [0.4, 0.5) is 5.69 Å². The lowest BCUT2D eigenvalue weighted by Gasteiger charge is -2.28. The first-order valence-electron chi connectivity index (χ1n) is 5.21. The molecule has 0 radical (unpaired) electrons. The Morgan fingerprint density at radius 2 is 2.07 bits per heavy atom. The van der Waals surface area contributed by atoms with Crippen molar-refractivity contribution in [1.29, 1.82) is 0 Å². The summed E-state index contributed by atoms with van der Waals surface area (Å²) in [6.45, 7) is 0. The van der Waals surface area contributed by atoms with Gasteiger partial charge in [-0.1, -0.05) is 6.07 Å². The zero-order valence-corrected chi connectivity index (χ0v) is 8.11. The van der Waals surface area contributed by atoms with Crippen LogP contribution < -0.4 is 5.73 Å². The number of benzene rings is 1. The number of hydrogen-bond donors (Lipinski definition) is 1. The maximum Gasteiger partial charge on any atom is 0.0503 e. The van der Waals surface area contributed by atoms with Crippen molar-refractivity contribution in [2.75, 3.05) is 5.73 Å². The molecule has 14 heavy (non-hydrogen) atoms. The summed E-state index contributed by atoms with van der Waals surface area (Å²) in [5, 5.41) is 1.30. The van der Waals surface area contributed by atoms with Gasteiger partial charge in [0.2, 0.25) is 0 Å². The van der Waals surface area contributed by atoms with E-state index in [1.165, 1.54) is 30.2 Å². The van der Waals surface area contributed by atoms with Crippen molar-refractivity contribution in [2.24, 2.45) is 0 Å². The molecule has 0 aliphatic heterocycles. The first kappa shape index (κ1) is 7.92. The van der Waals surface area contributed by atoms with E-state index >= 15 is 0 Å². The molecule has 2 heteroatoms. The average Bonchev–Trinajstić information content (AvgIpc) is 2.46. The number of hydrogen-bond acceptors (Lipinski definition) is 1. The second-order valence-electron chi connectivity index (χ2n) is 4.13. The van der Waals surface area contributed by atoms with Crippen molar-refractivity contribution in [3.8, 4) is 0 Å². The number of rotatable bonds is 1. The van der Waals surface area contributed by atoms with Gasteiger partial charge in [0.05, 0.1) is 5.52 Å². The van der Waals surface area contributed by atoms with Crippen LogP contribution in [-0.2, 0) is 0 Å². The van der Waals surface area contributed by atoms with E-state index < -0.39 is 0 Å². The van der Waals surface area contributed by atoms with E-state index in [1.54, 1.807) is 0 Å². The highest BCUT2D eigenvalue weighted by molar-refractivity contribution is 5.83. The summed E-state index contributed by atoms with van der Waals surface area (Å²) >= 11 is 0. The van der Waals surface area contributed by atoms with Crippen molar-refractivity contribution in [2.45, 2.75) is 25.3 Å². The lowest BCUT2D eigenvalue weighted by Crippen LogP contribution is -2.15. The molecule has 2 N–H and O–H groups in total. The summed E-state index contributed by atoms with van der Waals surface area (Å²) in [5.41, 5.74) is 7.94. The molecule has 0 bridgehead atoms. The van der Waals surface area contributed by atoms with E-state index in [1.807, 2.05) is 6.07 Å². The second-order valence-corrected chi connectivity index (χ2v) is 4.13. The molecule has 2 aromatic rings. The van der Waals surface area contributed by atoms with Gasteiger partial charge in [0.25, 0.3) is 0 Å². The Hall–Kier alpha value is -1.44. The Morgan fingerprint density at radius 3 is 2.79 bits per heavy atom. The smallest absolute Gasteiger partial charge is 0.0503 e. The first-order chi connectivity index (χ1) is 6.84. The van der Waals surface area contributed by atoms with Gasteiger partial charge in [-0.2, -0.15) is 0 Å². The molecule has 3 rings (SSSR count). The topological polar surface area (TPSA) is 30.9 Å². The third-order valence-corrected chi connectivity index (χ3v) is 3.22. The van der Waals surface area contributed by atoms with Crippen molar-refractivity contribution >= 4 is 16.6 Å². The Morgan fingerprint density at radius 1 is 1.21 bits per heavy atom. The van der Waals surface area contributed by atoms with Crippen LogP contribution in [0.25, 0.3) is 10.9 Å². The molecule has 72 valence electrons. The number of anilines is 1. The molecule has 0 spiro atoms. The predicted octanol–water partition coefficient (Wildman–Crippen LogP) is 2.95. The summed E-state index contributed by atoms with van der Waals surface area (Å²) in [5.74, 6) is 0. The third kappa shape index (κ3) is 1.03. The summed E-state index contributed by atoms with van der Waals surface area (Å²) in [6.07, 6.45) is 6.19. The molecule has 0 unspecified atom stereocenters. The molecule has 1 aromatic carbocycles. The van der Waals surface area contributed by atoms with Crippen molar-refractivity contribution in [3.05, 3.63) is 30.5 Å². The van der Waals surface area contributed by atoms with E-state index in [0.717, 1.165) is 5.69 Å². The molecule has 0 amide bonds. The minimum Gasteiger partial charge on any atom is -0.399 e. The summed E-state index contributed by atoms with van der Waals surface area (Å²) in [7, 11) is 0. The largest absolute Gasteiger partial charge is 0.399 e. The predicted molar refractivity (Wildman–Crippen MR) is 59.2 cm³/mol. The van der Waals surface area contributed by atoms with Crippen LogP contribution in [0.5, 0.6) is 0 Å². The Balaban J connectivity index is 2.18. The minimum absolute atomic E-state index is 0.717. The normalized spacial score (nSPS) is 17.1. The van der Waals surface area contributed by atoms with E-state index in [0.29, 0.717) is 6.04 Å². The molecular formula is C12H14N2. The standard InChI is InChI=1S/C12H14N2/c13-10-5-4-9-6-7-14(12(9)8-10)11-2-1-3-11/h4-8,11H,1-3,13H2. The van der Waals surface area contributed by atoms with Gasteiger partial charge in [-0.05, 0) is 42.8 Å². The fraction of sp³-hybridized carbons (Fsp3) is 0.333. The Labute approximate surface area is 83.3 Å². The van der Waals surface area contributed by atoms with Crippen LogP contribution >= 0.6 is 0 Å². The molecule has 1 aromatic heterocycles. The van der Waals surface area contributed by atoms with E-state index in [2.05, 4.69) is 29.0 Å². The van der Waals surface area contributed by atoms with Crippen LogP contribution in [0.1, 0.15) is 25.3 Å². The first-order valence-corrected chi connectivity index (χ1v) is 5.21. The van der Waals surface area contributed by atoms with Crippen LogP contribution in [0.2, 0.25) is 0 Å². The molecule has 2 nitrogen and oxygen atoms in total. The number of nitrogen functional groups attached to an aromatic ring is 1. The van der Waals surface area contributed by atoms with Crippen LogP contribution in [0.15, 0.2) is 30.5 Å². The molecule has 0 saturated heterocycles. The second kappa shape index (κ2) is 2.77. The summed E-state index contributed by atoms with van der Waals surface area (Å²) < 4.78 is 2.37. The quantitative estimate of drug-likeness (QED) is 0.682. The van der Waals surface area contributed by atoms with Gasteiger partial charge < -0.3 is 10.3 Å². The molecular weight excluding hydrogens is 172 g/mol. The number of nitrogens with two attached hydrogens (primary N) is 1. The maximum atomic E-state index is 5.80. The van der Waals surface area contributed by atoms with Gasteiger partial charge in [0.1, 0.15) is 0 Å². The lowest BCUT2D eigenvalue weighted by atomic mass is 9.93. The zero-order valence-electron chi connectivity index (χ0n) is 8.11. The molecule has 1 saturated carbocycles. The highest BCUT2D eigenvalue weighted by Crippen LogP contribution is 2.34. The van der Waals surface area contributed by atoms with Crippen LogP contribution in [0.3, 0.4) is 0 Å². The lowest BCUT2D eigenvalue weighted by molar-refractivity contribution is 0.321. The molecule has 0 atom stereocenters. The number of nitrogens with zero attached hydrogens (tertiary/aromatic N) is 1. The van der Waals surface area contributed by atoms with Gasteiger partial charge in [-0.3, -0.25) is 0 Å². The highest BCUT2D eigenvalue weighted by Gasteiger charge is 2.20. The van der Waals surface area contributed by atoms with Gasteiger partial charge in [0, 0.05) is 17.9 Å². The Bertz CT molecular complexity index is 466. The maximum absolute atomic E-state index is 5.80. The highest BCUT2D eigenvalue weighted by atomic mass is 15.0. The fourth-order valence-electron chi connectivity index (χ4n) is 2.15. The van der Waals surface area contributed by atoms with E-state index in [9.17, 15) is 0 Å². The zero-order chi connectivity index (χ0) is 9.54. The van der Waals surface area contributed by atoms with Crippen molar-refractivity contribution in [3.63, 3.8) is 0 Å². The van der Waals surface area contributed by atoms with E-state index in [-0.39, 0.29) is 0 Å². The monoisotopic (exact) mass is 186 g/mol. The van der Waals surface area contributed by atoms with Crippen molar-refractivity contribution < 1.29 is 0 Å². The summed E-state index contributed by atoms with van der Waals surface area (Å²) in [4.78, 5) is 0. The number of fused-ring (bicyclic) bond motifs is 1. The number of aromatic nitrogens is 1. The third-order valence-electron chi connectivity index (χ3n) is 3.22. The van der Waals surface area contributed by atoms with Gasteiger partial charge in [-0.15, -0.1) is 0 Å². The molecule has 1 fully saturated rings. The Kier molecular flexibility index (Phi) is 1.57. The molecule has 1 heterocycles. The fourth-order valence-corrected chi connectivity index (χ4v) is 2.15. The van der Waals surface area contributed by atoms with Crippen LogP contribution in [0, 0.1) is 0 Å². The van der Waals surface area contributed by atoms with Gasteiger partial charge in [0.15, 0.2) is 0 Å². The van der Waals surface area contributed by atoms with E-state index in [4.69, 9.17) is 5.73 Å². The van der Waals surface area contributed by atoms with Gasteiger partial charge in [-0.25, -0.2) is 0 Å². The van der Waals surface area contributed by atoms with Gasteiger partial charge >= 0.3 is 0 Å². The molecule has 1 aliphatic carbocycles. The van der Waals surface area contributed by atoms with Crippen molar-refractivity contribution in [1.82, 2.24) is 4.57 Å². The minimum atomic E-state index is 0.717. The molecule has 1 aliphatic rings.